The fourth-order valence-electron chi connectivity index (χ4n) is 3.37. The van der Waals surface area contributed by atoms with Gasteiger partial charge >= 0.3 is 0 Å². The molecule has 1 fully saturated rings. The maximum absolute atomic E-state index is 12.8. The fraction of sp³-hybridized carbons (Fsp3) is 0.350. The molecule has 1 aromatic carbocycles. The summed E-state index contributed by atoms with van der Waals surface area (Å²) in [5.74, 6) is -1.28. The van der Waals surface area contributed by atoms with Gasteiger partial charge in [-0.3, -0.25) is 9.59 Å². The van der Waals surface area contributed by atoms with Crippen LogP contribution in [0, 0.1) is 0 Å². The molecule has 3 rings (SSSR count). The third-order valence-electron chi connectivity index (χ3n) is 4.80. The van der Waals surface area contributed by atoms with E-state index in [0.717, 1.165) is 19.6 Å². The van der Waals surface area contributed by atoms with Crippen molar-refractivity contribution in [3.05, 3.63) is 44.1 Å². The molecule has 1 aromatic heterocycles. The number of guanidine groups is 1. The molecule has 7 nitrogen and oxygen atoms in total. The molecule has 1 aliphatic heterocycles. The lowest BCUT2D eigenvalue weighted by Crippen LogP contribution is -2.37. The SMILES string of the molecule is NC(N)=NC(=O)c1cc(C(=O)NCCN2CCCCC2)cc(-c2cc(Cl)sc2Cl)c1. The maximum Gasteiger partial charge on any atom is 0.280 e. The number of rotatable bonds is 6. The number of carbonyl (C=O) groups is 2. The van der Waals surface area contributed by atoms with Gasteiger partial charge in [-0.2, -0.15) is 4.99 Å². The highest BCUT2D eigenvalue weighted by Gasteiger charge is 2.17. The number of halogens is 2. The van der Waals surface area contributed by atoms with Gasteiger partial charge in [0, 0.05) is 29.8 Å². The van der Waals surface area contributed by atoms with Gasteiger partial charge in [-0.25, -0.2) is 0 Å². The molecule has 0 aliphatic carbocycles. The molecule has 30 heavy (non-hydrogen) atoms. The van der Waals surface area contributed by atoms with E-state index in [4.69, 9.17) is 34.7 Å². The number of benzene rings is 1. The smallest absolute Gasteiger partial charge is 0.280 e. The molecule has 0 spiro atoms. The van der Waals surface area contributed by atoms with E-state index in [2.05, 4.69) is 15.2 Å². The van der Waals surface area contributed by atoms with Crippen molar-refractivity contribution in [2.45, 2.75) is 19.3 Å². The zero-order chi connectivity index (χ0) is 21.7. The van der Waals surface area contributed by atoms with Crippen molar-refractivity contribution in [2.75, 3.05) is 26.2 Å². The number of likely N-dealkylation sites (tertiary alicyclic amines) is 1. The van der Waals surface area contributed by atoms with Gasteiger partial charge in [0.2, 0.25) is 0 Å². The normalized spacial score (nSPS) is 14.3. The van der Waals surface area contributed by atoms with E-state index in [-0.39, 0.29) is 17.4 Å². The molecule has 0 radical (unpaired) electrons. The van der Waals surface area contributed by atoms with E-state index in [1.807, 2.05) is 0 Å². The molecule has 0 unspecified atom stereocenters. The molecule has 2 amide bonds. The van der Waals surface area contributed by atoms with E-state index in [9.17, 15) is 9.59 Å². The molecule has 2 heterocycles. The van der Waals surface area contributed by atoms with Crippen LogP contribution in [-0.2, 0) is 0 Å². The first-order valence-corrected chi connectivity index (χ1v) is 11.2. The molecule has 1 saturated heterocycles. The third-order valence-corrected chi connectivity index (χ3v) is 6.29. The van der Waals surface area contributed by atoms with Crippen LogP contribution in [0.25, 0.3) is 11.1 Å². The summed E-state index contributed by atoms with van der Waals surface area (Å²) in [5.41, 5.74) is 12.4. The van der Waals surface area contributed by atoms with Gasteiger partial charge in [0.15, 0.2) is 5.96 Å². The van der Waals surface area contributed by atoms with Crippen LogP contribution in [0.3, 0.4) is 0 Å². The van der Waals surface area contributed by atoms with Crippen LogP contribution in [0.5, 0.6) is 0 Å². The predicted octanol–water partition coefficient (Wildman–Crippen LogP) is 3.35. The van der Waals surface area contributed by atoms with Crippen molar-refractivity contribution in [2.24, 2.45) is 16.5 Å². The summed E-state index contributed by atoms with van der Waals surface area (Å²) in [4.78, 5) is 31.1. The van der Waals surface area contributed by atoms with E-state index >= 15 is 0 Å². The quantitative estimate of drug-likeness (QED) is 0.445. The Bertz CT molecular complexity index is 966. The lowest BCUT2D eigenvalue weighted by atomic mass is 10.0. The van der Waals surface area contributed by atoms with Crippen molar-refractivity contribution in [1.29, 1.82) is 0 Å². The zero-order valence-electron chi connectivity index (χ0n) is 16.3. The lowest BCUT2D eigenvalue weighted by molar-refractivity contribution is 0.0946. The number of hydrogen-bond donors (Lipinski definition) is 3. The standard InChI is InChI=1S/C20H23Cl2N5O2S/c21-16-11-15(17(22)30-16)12-8-13(10-14(9-12)19(29)26-20(23)24)18(28)25-4-7-27-5-2-1-3-6-27/h8-11H,1-7H2,(H,25,28)(H4,23,24,26,29). The Balaban J connectivity index is 1.83. The number of thiophene rings is 1. The minimum absolute atomic E-state index is 0.181. The summed E-state index contributed by atoms with van der Waals surface area (Å²) in [5, 5.41) is 2.92. The van der Waals surface area contributed by atoms with Gasteiger partial charge in [0.1, 0.15) is 4.34 Å². The van der Waals surface area contributed by atoms with Gasteiger partial charge in [-0.1, -0.05) is 29.6 Å². The Kier molecular flexibility index (Phi) is 7.71. The summed E-state index contributed by atoms with van der Waals surface area (Å²) in [6.07, 6.45) is 3.64. The van der Waals surface area contributed by atoms with Crippen LogP contribution < -0.4 is 16.8 Å². The fourth-order valence-corrected chi connectivity index (χ4v) is 4.88. The maximum atomic E-state index is 12.8. The van der Waals surface area contributed by atoms with Crippen LogP contribution in [-0.4, -0.2) is 48.9 Å². The van der Waals surface area contributed by atoms with E-state index in [0.29, 0.717) is 31.9 Å². The number of nitrogens with zero attached hydrogens (tertiary/aromatic N) is 2. The number of piperidine rings is 1. The number of hydrogen-bond acceptors (Lipinski definition) is 4. The first kappa shape index (κ1) is 22.6. The van der Waals surface area contributed by atoms with Gasteiger partial charge < -0.3 is 21.7 Å². The largest absolute Gasteiger partial charge is 0.370 e. The minimum Gasteiger partial charge on any atom is -0.370 e. The first-order valence-electron chi connectivity index (χ1n) is 9.58. The zero-order valence-corrected chi connectivity index (χ0v) is 18.6. The van der Waals surface area contributed by atoms with E-state index in [1.54, 1.807) is 18.2 Å². The van der Waals surface area contributed by atoms with Gasteiger partial charge in [-0.05, 0) is 55.8 Å². The molecule has 5 N–H and O–H groups in total. The number of carbonyl (C=O) groups excluding carboxylic acids is 2. The second-order valence-corrected chi connectivity index (χ2v) is 9.32. The highest BCUT2D eigenvalue weighted by molar-refractivity contribution is 7.20. The molecular weight excluding hydrogens is 445 g/mol. The molecule has 0 saturated carbocycles. The minimum atomic E-state index is -0.642. The Labute approximate surface area is 189 Å². The Hall–Kier alpha value is -2.13. The topological polar surface area (TPSA) is 114 Å². The number of nitrogens with two attached hydrogens (primary N) is 2. The molecule has 160 valence electrons. The summed E-state index contributed by atoms with van der Waals surface area (Å²) in [6.45, 7) is 3.42. The van der Waals surface area contributed by atoms with Crippen LogP contribution >= 0.6 is 34.5 Å². The summed E-state index contributed by atoms with van der Waals surface area (Å²) in [6, 6.07) is 6.42. The second-order valence-electron chi connectivity index (χ2n) is 7.04. The predicted molar refractivity (Wildman–Crippen MR) is 123 cm³/mol. The van der Waals surface area contributed by atoms with E-state index < -0.39 is 5.91 Å². The van der Waals surface area contributed by atoms with Crippen LogP contribution in [0.4, 0.5) is 0 Å². The summed E-state index contributed by atoms with van der Waals surface area (Å²) >= 11 is 13.5. The molecular formula is C20H23Cl2N5O2S. The number of nitrogens with one attached hydrogen (secondary N) is 1. The van der Waals surface area contributed by atoms with Crippen LogP contribution in [0.1, 0.15) is 40.0 Å². The number of amides is 2. The van der Waals surface area contributed by atoms with Gasteiger partial charge in [0.05, 0.1) is 4.34 Å². The Morgan fingerprint density at radius 1 is 1.07 bits per heavy atom. The van der Waals surface area contributed by atoms with Crippen molar-refractivity contribution in [3.63, 3.8) is 0 Å². The van der Waals surface area contributed by atoms with Gasteiger partial charge in [0.25, 0.3) is 11.8 Å². The third kappa shape index (κ3) is 5.95. The average molecular weight is 468 g/mol. The van der Waals surface area contributed by atoms with Crippen molar-refractivity contribution in [1.82, 2.24) is 10.2 Å². The van der Waals surface area contributed by atoms with Crippen molar-refractivity contribution >= 4 is 52.3 Å². The molecule has 0 atom stereocenters. The highest BCUT2D eigenvalue weighted by Crippen LogP contribution is 2.38. The average Bonchev–Trinajstić information content (AvgIpc) is 3.06. The lowest BCUT2D eigenvalue weighted by Gasteiger charge is -2.26. The highest BCUT2D eigenvalue weighted by atomic mass is 35.5. The second kappa shape index (κ2) is 10.3. The summed E-state index contributed by atoms with van der Waals surface area (Å²) in [7, 11) is 0. The van der Waals surface area contributed by atoms with Crippen molar-refractivity contribution < 1.29 is 9.59 Å². The number of aliphatic imine (C=N–C) groups is 1. The van der Waals surface area contributed by atoms with Crippen molar-refractivity contribution in [3.8, 4) is 11.1 Å². The molecule has 1 aliphatic rings. The van der Waals surface area contributed by atoms with Gasteiger partial charge in [-0.15, -0.1) is 11.3 Å². The monoisotopic (exact) mass is 467 g/mol. The summed E-state index contributed by atoms with van der Waals surface area (Å²) < 4.78 is 0.964. The molecule has 10 heteroatoms. The van der Waals surface area contributed by atoms with E-state index in [1.165, 1.54) is 36.7 Å². The Morgan fingerprint density at radius 2 is 1.77 bits per heavy atom. The first-order chi connectivity index (χ1) is 14.3. The van der Waals surface area contributed by atoms with Crippen LogP contribution in [0.2, 0.25) is 8.67 Å². The molecule has 2 aromatic rings. The molecule has 0 bridgehead atoms. The van der Waals surface area contributed by atoms with Crippen LogP contribution in [0.15, 0.2) is 29.3 Å². The Morgan fingerprint density at radius 3 is 2.40 bits per heavy atom.